The van der Waals surface area contributed by atoms with Crippen molar-refractivity contribution in [1.82, 2.24) is 9.42 Å². The molecule has 0 amide bonds. The number of hydrogen-bond acceptors (Lipinski definition) is 4. The predicted molar refractivity (Wildman–Crippen MR) is 140 cm³/mol. The zero-order chi connectivity index (χ0) is 25.4. The molecule has 0 fully saturated rings. The molecular weight excluding hydrogens is 475 g/mol. The summed E-state index contributed by atoms with van der Waals surface area (Å²) < 4.78 is 49.5. The maximum Gasteiger partial charge on any atom is 0.281 e. The van der Waals surface area contributed by atoms with E-state index in [0.717, 1.165) is 40.8 Å². The SMILES string of the molecule is CCCCC1=Cc2ccc(F)cc2C2C=C(c3ccc(OC)cc3)N(S(=O)(=O)c3ccc(C)cc3)N12. The molecule has 2 aliphatic heterocycles. The second-order valence-corrected chi connectivity index (χ2v) is 10.9. The third-order valence-corrected chi connectivity index (χ3v) is 8.38. The van der Waals surface area contributed by atoms with Crippen LogP contribution in [0.5, 0.6) is 5.75 Å². The first-order chi connectivity index (χ1) is 17.3. The molecule has 0 radical (unpaired) electrons. The molecule has 0 saturated carbocycles. The number of ether oxygens (including phenoxy) is 1. The summed E-state index contributed by atoms with van der Waals surface area (Å²) in [5.41, 5.74) is 4.77. The molecule has 2 aliphatic rings. The lowest BCUT2D eigenvalue weighted by Crippen LogP contribution is -2.43. The Morgan fingerprint density at radius 1 is 1.00 bits per heavy atom. The fourth-order valence-corrected chi connectivity index (χ4v) is 6.32. The quantitative estimate of drug-likeness (QED) is 0.360. The van der Waals surface area contributed by atoms with Crippen molar-refractivity contribution in [3.8, 4) is 5.75 Å². The van der Waals surface area contributed by atoms with E-state index < -0.39 is 16.1 Å². The zero-order valence-corrected chi connectivity index (χ0v) is 21.4. The van der Waals surface area contributed by atoms with Crippen LogP contribution in [0.25, 0.3) is 11.8 Å². The van der Waals surface area contributed by atoms with Gasteiger partial charge in [-0.3, -0.25) is 5.01 Å². The number of hydrazine groups is 1. The van der Waals surface area contributed by atoms with Crippen LogP contribution in [-0.2, 0) is 10.0 Å². The van der Waals surface area contributed by atoms with Crippen molar-refractivity contribution < 1.29 is 17.5 Å². The number of aryl methyl sites for hydroxylation is 1. The number of unbranched alkanes of at least 4 members (excludes halogenated alkanes) is 1. The van der Waals surface area contributed by atoms with E-state index >= 15 is 0 Å². The number of rotatable bonds is 7. The average Bonchev–Trinajstić information content (AvgIpc) is 3.30. The molecule has 36 heavy (non-hydrogen) atoms. The lowest BCUT2D eigenvalue weighted by molar-refractivity contribution is 0.142. The van der Waals surface area contributed by atoms with E-state index in [1.807, 2.05) is 48.4 Å². The first-order valence-electron chi connectivity index (χ1n) is 12.1. The van der Waals surface area contributed by atoms with Crippen molar-refractivity contribution in [2.24, 2.45) is 0 Å². The normalized spacial score (nSPS) is 16.8. The molecule has 5 nitrogen and oxygen atoms in total. The Kier molecular flexibility index (Phi) is 6.35. The molecule has 2 heterocycles. The minimum absolute atomic E-state index is 0.202. The minimum Gasteiger partial charge on any atom is -0.497 e. The number of hydrogen-bond donors (Lipinski definition) is 0. The van der Waals surface area contributed by atoms with Crippen LogP contribution in [0.2, 0.25) is 0 Å². The number of benzene rings is 3. The van der Waals surface area contributed by atoms with Crippen molar-refractivity contribution in [2.45, 2.75) is 44.0 Å². The molecule has 3 aromatic rings. The number of sulfonamides is 1. The van der Waals surface area contributed by atoms with Crippen LogP contribution >= 0.6 is 0 Å². The molecule has 186 valence electrons. The summed E-state index contributed by atoms with van der Waals surface area (Å²) in [5.74, 6) is 0.331. The Balaban J connectivity index is 1.72. The van der Waals surface area contributed by atoms with Crippen molar-refractivity contribution in [3.63, 3.8) is 0 Å². The van der Waals surface area contributed by atoms with Gasteiger partial charge in [0.15, 0.2) is 0 Å². The van der Waals surface area contributed by atoms with Gasteiger partial charge in [0.25, 0.3) is 10.0 Å². The highest BCUT2D eigenvalue weighted by atomic mass is 32.2. The van der Waals surface area contributed by atoms with Gasteiger partial charge in [-0.2, -0.15) is 12.8 Å². The Morgan fingerprint density at radius 2 is 1.72 bits per heavy atom. The summed E-state index contributed by atoms with van der Waals surface area (Å²) >= 11 is 0. The third kappa shape index (κ3) is 4.17. The van der Waals surface area contributed by atoms with E-state index in [1.54, 1.807) is 37.4 Å². The van der Waals surface area contributed by atoms with Crippen LogP contribution in [0.4, 0.5) is 4.39 Å². The van der Waals surface area contributed by atoms with Gasteiger partial charge in [0.1, 0.15) is 11.6 Å². The van der Waals surface area contributed by atoms with Gasteiger partial charge < -0.3 is 4.74 Å². The van der Waals surface area contributed by atoms with Gasteiger partial charge in [0, 0.05) is 11.3 Å². The lowest BCUT2D eigenvalue weighted by Gasteiger charge is -2.40. The summed E-state index contributed by atoms with van der Waals surface area (Å²) in [4.78, 5) is 0.202. The van der Waals surface area contributed by atoms with Gasteiger partial charge in [-0.15, -0.1) is 0 Å². The fourth-order valence-electron chi connectivity index (χ4n) is 4.78. The minimum atomic E-state index is -3.98. The highest BCUT2D eigenvalue weighted by Crippen LogP contribution is 2.48. The summed E-state index contributed by atoms with van der Waals surface area (Å²) in [6.45, 7) is 4.03. The smallest absolute Gasteiger partial charge is 0.281 e. The van der Waals surface area contributed by atoms with Gasteiger partial charge in [-0.05, 0) is 91.6 Å². The maximum absolute atomic E-state index is 14.4. The van der Waals surface area contributed by atoms with Gasteiger partial charge in [0.05, 0.1) is 23.7 Å². The molecule has 0 aromatic heterocycles. The van der Waals surface area contributed by atoms with Gasteiger partial charge in [0.2, 0.25) is 0 Å². The maximum atomic E-state index is 14.4. The Bertz CT molecular complexity index is 1440. The zero-order valence-electron chi connectivity index (χ0n) is 20.6. The Labute approximate surface area is 212 Å². The number of halogens is 1. The Morgan fingerprint density at radius 3 is 2.39 bits per heavy atom. The summed E-state index contributed by atoms with van der Waals surface area (Å²) in [6.07, 6.45) is 6.49. The number of fused-ring (bicyclic) bond motifs is 3. The molecule has 1 atom stereocenters. The standard InChI is InChI=1S/C29H29FN2O3S/c1-4-5-6-24-17-22-9-12-23(30)18-27(22)29-19-28(21-10-13-25(35-3)14-11-21)32(31(24)29)36(33,34)26-15-7-20(2)8-16-26/h7-19,29H,4-6H2,1-3H3. The molecular formula is C29H29FN2O3S. The molecule has 5 rings (SSSR count). The molecule has 0 N–H and O–H groups in total. The first-order valence-corrected chi connectivity index (χ1v) is 13.5. The van der Waals surface area contributed by atoms with Crippen LogP contribution in [0, 0.1) is 12.7 Å². The van der Waals surface area contributed by atoms with Crippen molar-refractivity contribution in [1.29, 1.82) is 0 Å². The van der Waals surface area contributed by atoms with E-state index in [4.69, 9.17) is 4.74 Å². The number of nitrogens with zero attached hydrogens (tertiary/aromatic N) is 2. The van der Waals surface area contributed by atoms with E-state index in [1.165, 1.54) is 16.5 Å². The Hall–Kier alpha value is -3.58. The molecule has 0 spiro atoms. The van der Waals surface area contributed by atoms with Crippen LogP contribution in [0.3, 0.4) is 0 Å². The van der Waals surface area contributed by atoms with Gasteiger partial charge in [-0.1, -0.05) is 37.1 Å². The summed E-state index contributed by atoms with van der Waals surface area (Å²) in [5, 5.41) is 1.83. The van der Waals surface area contributed by atoms with Crippen LogP contribution in [0.1, 0.15) is 54.5 Å². The fraction of sp³-hybridized carbons (Fsp3) is 0.241. The van der Waals surface area contributed by atoms with E-state index in [2.05, 4.69) is 6.92 Å². The number of allylic oxidation sites excluding steroid dienone is 1. The third-order valence-electron chi connectivity index (χ3n) is 6.68. The molecule has 0 saturated heterocycles. The second-order valence-electron chi connectivity index (χ2n) is 9.14. The van der Waals surface area contributed by atoms with E-state index in [0.29, 0.717) is 17.9 Å². The topological polar surface area (TPSA) is 49.9 Å². The van der Waals surface area contributed by atoms with E-state index in [9.17, 15) is 12.8 Å². The number of methoxy groups -OCH3 is 1. The predicted octanol–water partition coefficient (Wildman–Crippen LogP) is 6.69. The lowest BCUT2D eigenvalue weighted by atomic mass is 9.93. The second kappa shape index (κ2) is 9.47. The first kappa shape index (κ1) is 24.1. The van der Waals surface area contributed by atoms with Crippen LogP contribution < -0.4 is 4.74 Å². The van der Waals surface area contributed by atoms with Crippen LogP contribution in [-0.4, -0.2) is 25.0 Å². The molecule has 1 unspecified atom stereocenters. The highest BCUT2D eigenvalue weighted by Gasteiger charge is 2.44. The molecule has 7 heteroatoms. The summed E-state index contributed by atoms with van der Waals surface area (Å²) in [7, 11) is -2.39. The van der Waals surface area contributed by atoms with E-state index in [-0.39, 0.29) is 10.7 Å². The molecule has 0 bridgehead atoms. The van der Waals surface area contributed by atoms with Crippen LogP contribution in [0.15, 0.2) is 83.4 Å². The van der Waals surface area contributed by atoms with Crippen molar-refractivity contribution in [2.75, 3.05) is 7.11 Å². The van der Waals surface area contributed by atoms with Gasteiger partial charge >= 0.3 is 0 Å². The highest BCUT2D eigenvalue weighted by molar-refractivity contribution is 7.89. The largest absolute Gasteiger partial charge is 0.497 e. The monoisotopic (exact) mass is 504 g/mol. The average molecular weight is 505 g/mol. The summed E-state index contributed by atoms with van der Waals surface area (Å²) in [6, 6.07) is 18.5. The molecule has 3 aromatic carbocycles. The van der Waals surface area contributed by atoms with Gasteiger partial charge in [-0.25, -0.2) is 4.39 Å². The van der Waals surface area contributed by atoms with Crippen molar-refractivity contribution >= 4 is 21.8 Å². The molecule has 0 aliphatic carbocycles. The van der Waals surface area contributed by atoms with Crippen molar-refractivity contribution in [3.05, 3.63) is 107 Å².